The van der Waals surface area contributed by atoms with E-state index in [2.05, 4.69) is 31.2 Å². The van der Waals surface area contributed by atoms with Crippen LogP contribution in [0.2, 0.25) is 0 Å². The van der Waals surface area contributed by atoms with Crippen molar-refractivity contribution < 1.29 is 9.13 Å². The Bertz CT molecular complexity index is 692. The molecule has 1 nitrogen and oxygen atoms in total. The molecule has 0 heterocycles. The topological polar surface area (TPSA) is 9.23 Å². The second-order valence-electron chi connectivity index (χ2n) is 6.79. The Kier molecular flexibility index (Phi) is 5.55. The summed E-state index contributed by atoms with van der Waals surface area (Å²) in [5.74, 6) is 1.60. The maximum atomic E-state index is 14.1. The van der Waals surface area contributed by atoms with Crippen LogP contribution in [0.25, 0.3) is 0 Å². The summed E-state index contributed by atoms with van der Waals surface area (Å²) in [7, 11) is 0. The van der Waals surface area contributed by atoms with Crippen molar-refractivity contribution >= 4 is 0 Å². The second-order valence-corrected chi connectivity index (χ2v) is 6.79. The van der Waals surface area contributed by atoms with E-state index in [0.717, 1.165) is 49.0 Å². The number of benzene rings is 2. The molecular formula is C22H27FO. The highest BCUT2D eigenvalue weighted by atomic mass is 19.1. The van der Waals surface area contributed by atoms with Gasteiger partial charge in [-0.25, -0.2) is 4.39 Å². The first-order valence-corrected chi connectivity index (χ1v) is 9.21. The predicted molar refractivity (Wildman–Crippen MR) is 97.2 cm³/mol. The van der Waals surface area contributed by atoms with E-state index in [1.165, 1.54) is 17.5 Å². The third-order valence-electron chi connectivity index (χ3n) is 5.17. The molecule has 0 saturated heterocycles. The van der Waals surface area contributed by atoms with Crippen LogP contribution in [-0.2, 0) is 25.7 Å². The SMILES string of the molecule is CCOc1ccc2c(c1)CCC(CCc1ccc(CC)cc1F)C2. The van der Waals surface area contributed by atoms with E-state index in [0.29, 0.717) is 12.5 Å². The molecule has 1 atom stereocenters. The molecule has 0 amide bonds. The standard InChI is InChI=1S/C22H27FO/c1-3-16-5-8-18(22(23)14-16)9-6-17-7-10-20-15-21(24-4-2)12-11-19(20)13-17/h5,8,11-12,14-15,17H,3-4,6-7,9-10,13H2,1-2H3. The van der Waals surface area contributed by atoms with Crippen molar-refractivity contribution in [1.29, 1.82) is 0 Å². The summed E-state index contributed by atoms with van der Waals surface area (Å²) in [6.45, 7) is 4.79. The summed E-state index contributed by atoms with van der Waals surface area (Å²) in [6, 6.07) is 12.2. The summed E-state index contributed by atoms with van der Waals surface area (Å²) in [4.78, 5) is 0. The fraction of sp³-hybridized carbons (Fsp3) is 0.455. The molecular weight excluding hydrogens is 299 g/mol. The molecule has 0 radical (unpaired) electrons. The quantitative estimate of drug-likeness (QED) is 0.678. The van der Waals surface area contributed by atoms with E-state index in [-0.39, 0.29) is 5.82 Å². The number of rotatable bonds is 6. The zero-order valence-electron chi connectivity index (χ0n) is 14.8. The molecule has 0 fully saturated rings. The molecule has 128 valence electrons. The largest absolute Gasteiger partial charge is 0.494 e. The Morgan fingerprint density at radius 3 is 2.71 bits per heavy atom. The highest BCUT2D eigenvalue weighted by Gasteiger charge is 2.19. The first-order chi connectivity index (χ1) is 11.7. The van der Waals surface area contributed by atoms with Crippen molar-refractivity contribution in [2.24, 2.45) is 5.92 Å². The van der Waals surface area contributed by atoms with Gasteiger partial charge in [-0.15, -0.1) is 0 Å². The van der Waals surface area contributed by atoms with Gasteiger partial charge in [-0.3, -0.25) is 0 Å². The first-order valence-electron chi connectivity index (χ1n) is 9.21. The lowest BCUT2D eigenvalue weighted by Gasteiger charge is -2.25. The molecule has 0 spiro atoms. The molecule has 2 aromatic rings. The zero-order valence-corrected chi connectivity index (χ0v) is 14.8. The predicted octanol–water partition coefficient (Wildman–Crippen LogP) is 5.52. The van der Waals surface area contributed by atoms with Crippen LogP contribution in [0.15, 0.2) is 36.4 Å². The normalized spacial score (nSPS) is 16.7. The molecule has 0 bridgehead atoms. The van der Waals surface area contributed by atoms with Crippen LogP contribution in [0, 0.1) is 11.7 Å². The summed E-state index contributed by atoms with van der Waals surface area (Å²) < 4.78 is 19.7. The molecule has 1 unspecified atom stereocenters. The minimum Gasteiger partial charge on any atom is -0.494 e. The smallest absolute Gasteiger partial charge is 0.126 e. The number of halogens is 1. The Labute approximate surface area is 144 Å². The molecule has 1 aliphatic rings. The van der Waals surface area contributed by atoms with Gasteiger partial charge in [0, 0.05) is 0 Å². The lowest BCUT2D eigenvalue weighted by molar-refractivity contribution is 0.338. The van der Waals surface area contributed by atoms with E-state index >= 15 is 0 Å². The Hall–Kier alpha value is -1.83. The van der Waals surface area contributed by atoms with Gasteiger partial charge in [-0.2, -0.15) is 0 Å². The van der Waals surface area contributed by atoms with Crippen LogP contribution < -0.4 is 4.74 Å². The van der Waals surface area contributed by atoms with Crippen molar-refractivity contribution in [2.45, 2.75) is 52.4 Å². The van der Waals surface area contributed by atoms with Gasteiger partial charge >= 0.3 is 0 Å². The van der Waals surface area contributed by atoms with E-state index in [1.54, 1.807) is 6.07 Å². The van der Waals surface area contributed by atoms with Gasteiger partial charge < -0.3 is 4.74 Å². The van der Waals surface area contributed by atoms with E-state index in [1.807, 2.05) is 13.0 Å². The van der Waals surface area contributed by atoms with Crippen molar-refractivity contribution in [3.05, 3.63) is 64.5 Å². The first kappa shape index (κ1) is 17.0. The fourth-order valence-corrected chi connectivity index (χ4v) is 3.68. The molecule has 2 heteroatoms. The average molecular weight is 326 g/mol. The third-order valence-corrected chi connectivity index (χ3v) is 5.17. The summed E-state index contributed by atoms with van der Waals surface area (Å²) >= 11 is 0. The monoisotopic (exact) mass is 326 g/mol. The number of ether oxygens (including phenoxy) is 1. The molecule has 0 N–H and O–H groups in total. The van der Waals surface area contributed by atoms with Gasteiger partial charge in [-0.1, -0.05) is 25.1 Å². The molecule has 24 heavy (non-hydrogen) atoms. The third kappa shape index (κ3) is 3.98. The minimum absolute atomic E-state index is 0.0353. The minimum atomic E-state index is -0.0353. The summed E-state index contributed by atoms with van der Waals surface area (Å²) in [5, 5.41) is 0. The van der Waals surface area contributed by atoms with Crippen LogP contribution in [0.1, 0.15) is 48.9 Å². The Morgan fingerprint density at radius 2 is 1.96 bits per heavy atom. The maximum absolute atomic E-state index is 14.1. The van der Waals surface area contributed by atoms with Gasteiger partial charge in [0.25, 0.3) is 0 Å². The van der Waals surface area contributed by atoms with Gasteiger partial charge in [0.05, 0.1) is 6.61 Å². The average Bonchev–Trinajstić information content (AvgIpc) is 2.60. The Morgan fingerprint density at radius 1 is 1.08 bits per heavy atom. The number of aryl methyl sites for hydroxylation is 3. The van der Waals surface area contributed by atoms with Gasteiger partial charge in [-0.05, 0) is 91.8 Å². The van der Waals surface area contributed by atoms with Gasteiger partial charge in [0.1, 0.15) is 11.6 Å². The van der Waals surface area contributed by atoms with Gasteiger partial charge in [0.2, 0.25) is 0 Å². The van der Waals surface area contributed by atoms with Crippen molar-refractivity contribution in [2.75, 3.05) is 6.61 Å². The van der Waals surface area contributed by atoms with Crippen LogP contribution >= 0.6 is 0 Å². The number of hydrogen-bond acceptors (Lipinski definition) is 1. The highest BCUT2D eigenvalue weighted by Crippen LogP contribution is 2.31. The van der Waals surface area contributed by atoms with E-state index < -0.39 is 0 Å². The number of fused-ring (bicyclic) bond motifs is 1. The molecule has 0 saturated carbocycles. The fourth-order valence-electron chi connectivity index (χ4n) is 3.68. The number of hydrogen-bond donors (Lipinski definition) is 0. The van der Waals surface area contributed by atoms with Crippen LogP contribution in [0.4, 0.5) is 4.39 Å². The molecule has 0 aromatic heterocycles. The summed E-state index contributed by atoms with van der Waals surface area (Å²) in [6.07, 6.45) is 6.20. The maximum Gasteiger partial charge on any atom is 0.126 e. The van der Waals surface area contributed by atoms with Crippen LogP contribution in [0.3, 0.4) is 0 Å². The lowest BCUT2D eigenvalue weighted by atomic mass is 9.81. The van der Waals surface area contributed by atoms with Crippen LogP contribution in [0.5, 0.6) is 5.75 Å². The molecule has 3 rings (SSSR count). The molecule has 1 aliphatic carbocycles. The molecule has 0 aliphatic heterocycles. The Balaban J connectivity index is 1.60. The van der Waals surface area contributed by atoms with Gasteiger partial charge in [0.15, 0.2) is 0 Å². The summed E-state index contributed by atoms with van der Waals surface area (Å²) in [5.41, 5.74) is 4.81. The second kappa shape index (κ2) is 7.83. The highest BCUT2D eigenvalue weighted by molar-refractivity contribution is 5.37. The van der Waals surface area contributed by atoms with E-state index in [9.17, 15) is 4.39 Å². The van der Waals surface area contributed by atoms with Crippen molar-refractivity contribution in [3.8, 4) is 5.75 Å². The van der Waals surface area contributed by atoms with E-state index in [4.69, 9.17) is 4.74 Å². The van der Waals surface area contributed by atoms with Crippen molar-refractivity contribution in [3.63, 3.8) is 0 Å². The lowest BCUT2D eigenvalue weighted by Crippen LogP contribution is -2.15. The molecule has 2 aromatic carbocycles. The van der Waals surface area contributed by atoms with Crippen LogP contribution in [-0.4, -0.2) is 6.61 Å². The van der Waals surface area contributed by atoms with Crippen molar-refractivity contribution in [1.82, 2.24) is 0 Å². The zero-order chi connectivity index (χ0) is 16.9.